The molecule has 0 aliphatic heterocycles. The molecule has 0 bridgehead atoms. The topological polar surface area (TPSA) is 79.7 Å². The Morgan fingerprint density at radius 2 is 1.79 bits per heavy atom. The number of esters is 1. The maximum Gasteiger partial charge on any atom is 0.338 e. The van der Waals surface area contributed by atoms with Gasteiger partial charge in [-0.3, -0.25) is 9.36 Å². The highest BCUT2D eigenvalue weighted by Crippen LogP contribution is 2.36. The molecule has 0 atom stereocenters. The number of methoxy groups -OCH3 is 2. The van der Waals surface area contributed by atoms with Crippen LogP contribution in [-0.4, -0.2) is 35.8 Å². The molecule has 0 spiro atoms. The maximum atomic E-state index is 13.4. The van der Waals surface area contributed by atoms with E-state index < -0.39 is 0 Å². The average Bonchev–Trinajstić information content (AvgIpc) is 3.25. The largest absolute Gasteiger partial charge is 0.493 e. The lowest BCUT2D eigenvalue weighted by atomic mass is 10.1. The van der Waals surface area contributed by atoms with Gasteiger partial charge in [-0.1, -0.05) is 18.2 Å². The summed E-state index contributed by atoms with van der Waals surface area (Å²) in [6, 6.07) is 12.6. The minimum atomic E-state index is -0.366. The summed E-state index contributed by atoms with van der Waals surface area (Å²) in [6.45, 7) is 3.95. The van der Waals surface area contributed by atoms with E-state index in [1.165, 1.54) is 11.3 Å². The Morgan fingerprint density at radius 1 is 1.06 bits per heavy atom. The van der Waals surface area contributed by atoms with E-state index in [9.17, 15) is 9.59 Å². The van der Waals surface area contributed by atoms with Crippen LogP contribution < -0.4 is 15.0 Å². The van der Waals surface area contributed by atoms with E-state index in [1.807, 2.05) is 49.6 Å². The van der Waals surface area contributed by atoms with Gasteiger partial charge in [0.2, 0.25) is 0 Å². The quantitative estimate of drug-likeness (QED) is 0.367. The summed E-state index contributed by atoms with van der Waals surface area (Å²) in [5.74, 6) is 0.848. The highest BCUT2D eigenvalue weighted by Gasteiger charge is 2.16. The smallest absolute Gasteiger partial charge is 0.338 e. The van der Waals surface area contributed by atoms with E-state index in [1.54, 1.807) is 37.2 Å². The molecular formula is C25H24N2O5S. The van der Waals surface area contributed by atoms with E-state index in [0.717, 1.165) is 16.7 Å². The number of ether oxygens (including phenoxy) is 3. The Bertz CT molecular complexity index is 1360. The number of hydrogen-bond acceptors (Lipinski definition) is 7. The van der Waals surface area contributed by atoms with Crippen LogP contribution in [0.15, 0.2) is 59.0 Å². The van der Waals surface area contributed by atoms with Crippen molar-refractivity contribution in [3.63, 3.8) is 0 Å². The van der Waals surface area contributed by atoms with Crippen LogP contribution in [0.2, 0.25) is 0 Å². The predicted molar refractivity (Wildman–Crippen MR) is 129 cm³/mol. The van der Waals surface area contributed by atoms with Crippen molar-refractivity contribution in [3.8, 4) is 22.6 Å². The molecule has 0 aliphatic carbocycles. The van der Waals surface area contributed by atoms with Gasteiger partial charge in [0.05, 0.1) is 44.1 Å². The molecule has 33 heavy (non-hydrogen) atoms. The molecule has 0 fully saturated rings. The third kappa shape index (κ3) is 4.61. The van der Waals surface area contributed by atoms with E-state index in [-0.39, 0.29) is 17.6 Å². The number of carbonyl (C=O) groups excluding carboxylic acids is 1. The summed E-state index contributed by atoms with van der Waals surface area (Å²) >= 11 is 1.42. The molecule has 7 nitrogen and oxygen atoms in total. The number of carbonyl (C=O) groups is 1. The molecule has 2 aromatic heterocycles. The molecule has 0 N–H and O–H groups in total. The van der Waals surface area contributed by atoms with E-state index in [0.29, 0.717) is 33.8 Å². The van der Waals surface area contributed by atoms with Gasteiger partial charge in [-0.2, -0.15) is 0 Å². The van der Waals surface area contributed by atoms with Crippen molar-refractivity contribution in [1.82, 2.24) is 9.55 Å². The van der Waals surface area contributed by atoms with Crippen LogP contribution in [0.4, 0.5) is 0 Å². The zero-order valence-electron chi connectivity index (χ0n) is 18.8. The lowest BCUT2D eigenvalue weighted by Crippen LogP contribution is -2.21. The first-order chi connectivity index (χ1) is 15.9. The second-order valence-corrected chi connectivity index (χ2v) is 8.59. The molecule has 170 valence electrons. The highest BCUT2D eigenvalue weighted by molar-refractivity contribution is 7.17. The van der Waals surface area contributed by atoms with Crippen molar-refractivity contribution >= 4 is 27.5 Å². The fourth-order valence-corrected chi connectivity index (χ4v) is 4.43. The van der Waals surface area contributed by atoms with E-state index >= 15 is 0 Å². The number of hydrogen-bond donors (Lipinski definition) is 0. The maximum absolute atomic E-state index is 13.4. The monoisotopic (exact) mass is 464 g/mol. The van der Waals surface area contributed by atoms with E-state index in [2.05, 4.69) is 4.98 Å². The molecule has 2 aromatic carbocycles. The van der Waals surface area contributed by atoms with Gasteiger partial charge in [0.25, 0.3) is 5.56 Å². The molecule has 4 aromatic rings. The van der Waals surface area contributed by atoms with Gasteiger partial charge in [-0.05, 0) is 49.2 Å². The molecule has 0 unspecified atom stereocenters. The van der Waals surface area contributed by atoms with Gasteiger partial charge in [0, 0.05) is 10.9 Å². The third-order valence-corrected chi connectivity index (χ3v) is 6.03. The number of rotatable bonds is 7. The fraction of sp³-hybridized carbons (Fsp3) is 0.240. The van der Waals surface area contributed by atoms with Crippen molar-refractivity contribution in [2.45, 2.75) is 26.5 Å². The summed E-state index contributed by atoms with van der Waals surface area (Å²) in [5.41, 5.74) is 2.87. The van der Waals surface area contributed by atoms with Crippen molar-refractivity contribution in [2.24, 2.45) is 0 Å². The van der Waals surface area contributed by atoms with Crippen LogP contribution >= 0.6 is 11.3 Å². The Labute approximate surface area is 195 Å². The molecule has 4 rings (SSSR count). The zero-order chi connectivity index (χ0) is 23.5. The number of nitrogens with zero attached hydrogens (tertiary/aromatic N) is 2. The van der Waals surface area contributed by atoms with Gasteiger partial charge >= 0.3 is 5.97 Å². The Balaban J connectivity index is 1.67. The molecule has 0 saturated carbocycles. The molecule has 0 aliphatic rings. The molecule has 2 heterocycles. The van der Waals surface area contributed by atoms with Gasteiger partial charge < -0.3 is 14.2 Å². The van der Waals surface area contributed by atoms with Crippen molar-refractivity contribution in [2.75, 3.05) is 14.2 Å². The summed E-state index contributed by atoms with van der Waals surface area (Å²) in [5, 5.41) is 2.49. The van der Waals surface area contributed by atoms with Crippen LogP contribution in [0.3, 0.4) is 0 Å². The lowest BCUT2D eigenvalue weighted by Gasteiger charge is -2.10. The number of thiophene rings is 1. The highest BCUT2D eigenvalue weighted by atomic mass is 32.1. The summed E-state index contributed by atoms with van der Waals surface area (Å²) in [7, 11) is 3.16. The predicted octanol–water partition coefficient (Wildman–Crippen LogP) is 4.76. The van der Waals surface area contributed by atoms with Crippen LogP contribution in [0.1, 0.15) is 29.8 Å². The molecule has 0 amide bonds. The van der Waals surface area contributed by atoms with Crippen molar-refractivity contribution in [3.05, 3.63) is 75.7 Å². The summed E-state index contributed by atoms with van der Waals surface area (Å²) in [4.78, 5) is 30.6. The molecule has 8 heteroatoms. The summed E-state index contributed by atoms with van der Waals surface area (Å²) < 4.78 is 17.5. The standard InChI is InChI=1S/C25H24N2O5S/c1-15(2)32-25(29)17-7-5-16(6-8-17)12-27-14-26-23-22(24(27)28)19(13-33-23)18-9-10-20(30-3)21(11-18)31-4/h5-11,13-15H,12H2,1-4H3. The van der Waals surface area contributed by atoms with E-state index in [4.69, 9.17) is 14.2 Å². The number of benzene rings is 2. The van der Waals surface area contributed by atoms with Crippen LogP contribution in [0, 0.1) is 0 Å². The molecule has 0 radical (unpaired) electrons. The average molecular weight is 465 g/mol. The first-order valence-electron chi connectivity index (χ1n) is 10.4. The number of fused-ring (bicyclic) bond motifs is 1. The van der Waals surface area contributed by atoms with Crippen LogP contribution in [0.25, 0.3) is 21.3 Å². The van der Waals surface area contributed by atoms with Gasteiger partial charge in [-0.25, -0.2) is 9.78 Å². The molecular weight excluding hydrogens is 440 g/mol. The van der Waals surface area contributed by atoms with Gasteiger partial charge in [0.15, 0.2) is 11.5 Å². The van der Waals surface area contributed by atoms with Gasteiger partial charge in [0.1, 0.15) is 4.83 Å². The zero-order valence-corrected chi connectivity index (χ0v) is 19.6. The minimum absolute atomic E-state index is 0.130. The minimum Gasteiger partial charge on any atom is -0.493 e. The fourth-order valence-electron chi connectivity index (χ4n) is 3.52. The lowest BCUT2D eigenvalue weighted by molar-refractivity contribution is 0.0378. The Kier molecular flexibility index (Phi) is 6.46. The molecule has 0 saturated heterocycles. The first kappa shape index (κ1) is 22.5. The normalized spacial score (nSPS) is 11.1. The second-order valence-electron chi connectivity index (χ2n) is 7.73. The van der Waals surface area contributed by atoms with Gasteiger partial charge in [-0.15, -0.1) is 11.3 Å². The Hall–Kier alpha value is -3.65. The van der Waals surface area contributed by atoms with Crippen molar-refractivity contribution < 1.29 is 19.0 Å². The second kappa shape index (κ2) is 9.46. The Morgan fingerprint density at radius 3 is 2.45 bits per heavy atom. The first-order valence-corrected chi connectivity index (χ1v) is 11.3. The summed E-state index contributed by atoms with van der Waals surface area (Å²) in [6.07, 6.45) is 1.37. The third-order valence-electron chi connectivity index (χ3n) is 5.14. The number of aromatic nitrogens is 2. The van der Waals surface area contributed by atoms with Crippen LogP contribution in [0.5, 0.6) is 11.5 Å². The van der Waals surface area contributed by atoms with Crippen LogP contribution in [-0.2, 0) is 11.3 Å². The van der Waals surface area contributed by atoms with Crippen molar-refractivity contribution in [1.29, 1.82) is 0 Å². The SMILES string of the molecule is COc1ccc(-c2csc3ncn(Cc4ccc(C(=O)OC(C)C)cc4)c(=O)c23)cc1OC.